The maximum absolute atomic E-state index is 13.3. The fourth-order valence-corrected chi connectivity index (χ4v) is 15.8. The molecule has 0 saturated heterocycles. The van der Waals surface area contributed by atoms with E-state index in [1.165, 1.54) is 104 Å². The average Bonchev–Trinajstić information content (AvgIpc) is 0.871. The number of nitrogens with zero attached hydrogens (tertiary/aromatic N) is 12. The van der Waals surface area contributed by atoms with Crippen LogP contribution in [-0.4, -0.2) is 202 Å². The molecule has 3 aliphatic rings. The van der Waals surface area contributed by atoms with Gasteiger partial charge in [-0.1, -0.05) is 121 Å². The molecule has 3 aromatic carbocycles. The maximum atomic E-state index is 13.3. The van der Waals surface area contributed by atoms with Crippen LogP contribution in [0.3, 0.4) is 0 Å². The number of unbranched alkanes of at least 4 members (excludes halogenated alkanes) is 3. The summed E-state index contributed by atoms with van der Waals surface area (Å²) in [5.41, 5.74) is 20.0. The van der Waals surface area contributed by atoms with Crippen molar-refractivity contribution in [2.24, 2.45) is 11.7 Å². The lowest BCUT2D eigenvalue weighted by Crippen LogP contribution is -2.41. The van der Waals surface area contributed by atoms with Gasteiger partial charge in [-0.15, -0.1) is 0 Å². The molecule has 0 saturated carbocycles. The van der Waals surface area contributed by atoms with Gasteiger partial charge in [-0.3, -0.25) is 38.9 Å². The van der Waals surface area contributed by atoms with E-state index in [2.05, 4.69) is 102 Å². The second-order valence-electron chi connectivity index (χ2n) is 35.6. The van der Waals surface area contributed by atoms with Gasteiger partial charge in [0.25, 0.3) is 0 Å². The van der Waals surface area contributed by atoms with Crippen LogP contribution in [0.15, 0.2) is 164 Å². The van der Waals surface area contributed by atoms with Crippen molar-refractivity contribution in [2.45, 2.75) is 246 Å². The van der Waals surface area contributed by atoms with Gasteiger partial charge >= 0.3 is 17.9 Å². The van der Waals surface area contributed by atoms with Crippen molar-refractivity contribution in [3.05, 3.63) is 226 Å². The first-order valence-corrected chi connectivity index (χ1v) is 46.9. The van der Waals surface area contributed by atoms with Crippen LogP contribution in [0.25, 0.3) is 34.2 Å². The van der Waals surface area contributed by atoms with Crippen molar-refractivity contribution in [1.29, 1.82) is 0 Å². The number of fused-ring (bicyclic) bond motifs is 3. The average molecular weight is 1780 g/mol. The highest BCUT2D eigenvalue weighted by Gasteiger charge is 2.29. The Kier molecular flexibility index (Phi) is 43.1. The zero-order chi connectivity index (χ0) is 92.2. The summed E-state index contributed by atoms with van der Waals surface area (Å²) < 4.78 is 11.2. The lowest BCUT2D eigenvalue weighted by Gasteiger charge is -2.28. The van der Waals surface area contributed by atoms with Crippen molar-refractivity contribution < 1.29 is 43.3 Å². The van der Waals surface area contributed by atoms with Crippen LogP contribution < -0.4 is 27.0 Å². The van der Waals surface area contributed by atoms with Crippen LogP contribution in [0.4, 0.5) is 5.82 Å². The minimum Gasteiger partial charge on any atom is -0.481 e. The number of hydrogen-bond acceptors (Lipinski definition) is 22. The first-order valence-electron chi connectivity index (χ1n) is 46.5. The first-order chi connectivity index (χ1) is 62.1. The van der Waals surface area contributed by atoms with Gasteiger partial charge < -0.3 is 56.3 Å². The summed E-state index contributed by atoms with van der Waals surface area (Å²) in [5.74, 6) is 0.224. The van der Waals surface area contributed by atoms with Gasteiger partial charge in [0, 0.05) is 155 Å². The van der Waals surface area contributed by atoms with E-state index in [1.807, 2.05) is 133 Å². The number of nitrogens with two attached hydrogens (primary N) is 1. The van der Waals surface area contributed by atoms with Gasteiger partial charge in [0.05, 0.1) is 5.92 Å². The Hall–Kier alpha value is -10.9. The van der Waals surface area contributed by atoms with E-state index in [-0.39, 0.29) is 29.7 Å². The molecule has 3 atom stereocenters. The van der Waals surface area contributed by atoms with Crippen molar-refractivity contribution in [1.82, 2.24) is 75.5 Å². The fraction of sp³-hybridized carbons (Fsp3) is 0.500. The van der Waals surface area contributed by atoms with E-state index >= 15 is 0 Å². The molecule has 0 radical (unpaired) electrons. The smallest absolute Gasteiger partial charge is 0.329 e. The molecule has 0 aliphatic heterocycles. The van der Waals surface area contributed by atoms with Crippen molar-refractivity contribution in [2.75, 3.05) is 83.9 Å². The number of aromatic nitrogens is 9. The van der Waals surface area contributed by atoms with Gasteiger partial charge in [0.2, 0.25) is 17.7 Å². The van der Waals surface area contributed by atoms with Crippen LogP contribution in [-0.2, 0) is 102 Å². The lowest BCUT2D eigenvalue weighted by atomic mass is 9.95. The number of nitrogens with one attached hydrogen (secondary N) is 4. The third kappa shape index (κ3) is 39.1. The number of aliphatic carboxylic acids is 1. The van der Waals surface area contributed by atoms with E-state index in [0.717, 1.165) is 151 Å². The number of aryl methyl sites for hydroxylation is 9. The van der Waals surface area contributed by atoms with E-state index in [9.17, 15) is 33.9 Å². The zero-order valence-corrected chi connectivity index (χ0v) is 78.3. The molecular weight excluding hydrogens is 1640 g/mol. The van der Waals surface area contributed by atoms with Crippen LogP contribution in [0.5, 0.6) is 0 Å². The number of benzene rings is 3. The molecule has 7 N–H and O–H groups in total. The van der Waals surface area contributed by atoms with Crippen molar-refractivity contribution in [3.8, 4) is 34.2 Å². The predicted octanol–water partition coefficient (Wildman–Crippen LogP) is 15.5. The second-order valence-corrected chi connectivity index (χ2v) is 36.0. The number of halogens is 1. The number of ether oxygens (including phenoxy) is 2. The topological polar surface area (TPSA) is 341 Å². The molecule has 9 aromatic rings. The highest BCUT2D eigenvalue weighted by Crippen LogP contribution is 2.27. The Morgan fingerprint density at radius 2 is 0.783 bits per heavy atom. The quantitative estimate of drug-likeness (QED) is 0.0117. The number of rotatable bonds is 43. The van der Waals surface area contributed by atoms with Crippen molar-refractivity contribution >= 4 is 53.0 Å². The summed E-state index contributed by atoms with van der Waals surface area (Å²) in [5, 5.41) is 22.4. The van der Waals surface area contributed by atoms with E-state index in [1.54, 1.807) is 36.8 Å². The van der Waals surface area contributed by atoms with E-state index in [4.69, 9.17) is 41.8 Å². The minimum atomic E-state index is -0.819. The molecule has 6 heterocycles. The monoisotopic (exact) mass is 1780 g/mol. The van der Waals surface area contributed by atoms with Crippen LogP contribution in [0, 0.1) is 5.92 Å². The van der Waals surface area contributed by atoms with Crippen LogP contribution >= 0.6 is 11.6 Å². The molecule has 0 spiro atoms. The SMILES string of the molecule is CC(=O)NCCN(CCCCc1ccc2c(n1)CCCC2)CC[C@H](Cc1ccnc(-c2ccccc2)n1)C(=O)O.CC(=O)NCCN(CCCCc1ccc2c(n1)CCCC2)CC[C@H](N)C(=O)OC(C)(C)C.CC(=O)NCCN(CCCCc1ccc2c(n1)CCCC2)CC[C@H](Nc1ccnc(-c2ccccc2)n1)C(=O)OC(C)(C)C.Clc1ccnc(-c2ccccc2)n1. The number of pyridine rings is 3. The van der Waals surface area contributed by atoms with E-state index in [0.29, 0.717) is 106 Å². The highest BCUT2D eigenvalue weighted by molar-refractivity contribution is 6.29. The number of hydrogen-bond donors (Lipinski definition) is 6. The normalized spacial score (nSPS) is 13.5. The molecular formula is C102H138ClN17O9. The number of amides is 3. The molecule has 12 rings (SSSR count). The number of anilines is 1. The second kappa shape index (κ2) is 54.6. The zero-order valence-electron chi connectivity index (χ0n) is 77.5. The molecule has 0 fully saturated rings. The molecule has 0 unspecified atom stereocenters. The first kappa shape index (κ1) is 102. The third-order valence-electron chi connectivity index (χ3n) is 22.5. The van der Waals surface area contributed by atoms with Crippen molar-refractivity contribution in [3.63, 3.8) is 0 Å². The molecule has 3 aliphatic carbocycles. The summed E-state index contributed by atoms with van der Waals surface area (Å²) in [6.07, 6.45) is 30.2. The molecule has 27 heteroatoms. The largest absolute Gasteiger partial charge is 0.481 e. The van der Waals surface area contributed by atoms with E-state index < -0.39 is 35.2 Å². The van der Waals surface area contributed by atoms with Crippen LogP contribution in [0.2, 0.25) is 5.15 Å². The molecule has 0 bridgehead atoms. The van der Waals surface area contributed by atoms with Gasteiger partial charge in [-0.05, 0) is 275 Å². The predicted molar refractivity (Wildman–Crippen MR) is 510 cm³/mol. The third-order valence-corrected chi connectivity index (χ3v) is 22.7. The Balaban J connectivity index is 0.000000205. The molecule has 3 amide bonds. The molecule has 129 heavy (non-hydrogen) atoms. The van der Waals surface area contributed by atoms with Gasteiger partial charge in [-0.2, -0.15) is 0 Å². The molecule has 6 aromatic heterocycles. The Bertz CT molecular complexity index is 4920. The number of carbonyl (C=O) groups excluding carboxylic acids is 5. The van der Waals surface area contributed by atoms with Gasteiger partial charge in [0.1, 0.15) is 34.3 Å². The summed E-state index contributed by atoms with van der Waals surface area (Å²) in [6.45, 7) is 24.1. The Morgan fingerprint density at radius 1 is 0.411 bits per heavy atom. The van der Waals surface area contributed by atoms with Crippen LogP contribution in [0.1, 0.15) is 215 Å². The number of carbonyl (C=O) groups is 6. The fourth-order valence-electron chi connectivity index (χ4n) is 15.7. The highest BCUT2D eigenvalue weighted by atomic mass is 35.5. The summed E-state index contributed by atoms with van der Waals surface area (Å²) in [4.78, 5) is 120. The number of carboxylic acid groups (broad SMARTS) is 1. The number of esters is 2. The summed E-state index contributed by atoms with van der Waals surface area (Å²) in [6, 6.07) is 46.5. The minimum absolute atomic E-state index is 0.0334. The van der Waals surface area contributed by atoms with Gasteiger partial charge in [0.15, 0.2) is 17.5 Å². The van der Waals surface area contributed by atoms with Gasteiger partial charge in [-0.25, -0.2) is 34.7 Å². The molecule has 26 nitrogen and oxygen atoms in total. The standard InChI is InChI=1S/C35H48N6O3.C32H41N5O3.C25H42N4O3.C10H7ClN2/c1-26(42)36-22-25-41(23-11-10-15-29-18-17-27-12-8-9-16-30(27)38-29)24-20-31(34(43)44-35(2,3)4)39-32-19-21-37-33(40-32)28-13-6-5-7-14-28;1-24(38)33-19-22-37(20-8-7-12-28-15-14-25-9-5-6-13-30(25)35-28)21-17-27(32(39)40)23-29-16-18-34-31(36-29)26-10-3-2-4-11-26;1-19(30)27-15-18-29(17-14-22(26)24(31)32-25(2,3)4)16-8-7-10-21-13-12-20-9-5-6-11-23(20)28-21;11-9-6-7-12-10(13-9)8-4-2-1-3-5-8/h5-7,13-14,17-19,21,31H,8-12,15-16,20,22-25H2,1-4H3,(H,36,42)(H,37,39,40);2-4,10-11,14-16,18,27H,5-9,12-13,17,19-23H2,1H3,(H,33,38)(H,39,40);12-13,22H,5-11,14-18,26H2,1-4H3,(H,27,30);1-7H/t31-;27-;22-;/m010./s1. The number of carboxylic acids is 1. The summed E-state index contributed by atoms with van der Waals surface area (Å²) in [7, 11) is 0. The Labute approximate surface area is 769 Å². The molecule has 692 valence electrons. The Morgan fingerprint density at radius 3 is 1.19 bits per heavy atom. The maximum Gasteiger partial charge on any atom is 0.329 e. The summed E-state index contributed by atoms with van der Waals surface area (Å²) >= 11 is 5.74. The lowest BCUT2D eigenvalue weighted by molar-refractivity contribution is -0.157.